The van der Waals surface area contributed by atoms with Gasteiger partial charge in [0, 0.05) is 12.6 Å². The molecule has 5 heteroatoms. The largest absolute Gasteiger partial charge is 0.424 e. The van der Waals surface area contributed by atoms with Crippen molar-refractivity contribution < 1.29 is 9.52 Å². The minimum Gasteiger partial charge on any atom is -0.424 e. The molecule has 5 nitrogen and oxygen atoms in total. The van der Waals surface area contributed by atoms with E-state index >= 15 is 0 Å². The fourth-order valence-electron chi connectivity index (χ4n) is 3.33. The molecule has 0 amide bonds. The van der Waals surface area contributed by atoms with Crippen LogP contribution >= 0.6 is 0 Å². The molecular weight excluding hydrogens is 290 g/mol. The van der Waals surface area contributed by atoms with Crippen molar-refractivity contribution >= 4 is 0 Å². The zero-order valence-corrected chi connectivity index (χ0v) is 13.7. The molecule has 1 aliphatic heterocycles. The van der Waals surface area contributed by atoms with Crippen molar-refractivity contribution in [3.05, 3.63) is 47.2 Å². The van der Waals surface area contributed by atoms with Gasteiger partial charge in [0.15, 0.2) is 0 Å². The van der Waals surface area contributed by atoms with E-state index < -0.39 is 0 Å². The maximum atomic E-state index is 9.01. The van der Waals surface area contributed by atoms with Crippen molar-refractivity contribution in [2.75, 3.05) is 13.2 Å². The Kier molecular flexibility index (Phi) is 5.41. The summed E-state index contributed by atoms with van der Waals surface area (Å²) in [5.41, 5.74) is 2.47. The number of rotatable bonds is 7. The molecule has 2 aromatic rings. The molecule has 1 atom stereocenters. The standard InChI is InChI=1S/C18H25N3O2/c1-14-6-2-3-7-15(14)12-17-19-20-18(23-17)13-21-10-4-8-16(21)9-5-11-22/h2-3,6-7,16,22H,4-5,8-13H2,1H3. The highest BCUT2D eigenvalue weighted by molar-refractivity contribution is 5.27. The van der Waals surface area contributed by atoms with Crippen LogP contribution in [0.15, 0.2) is 28.7 Å². The van der Waals surface area contributed by atoms with Crippen molar-refractivity contribution in [2.45, 2.75) is 51.6 Å². The lowest BCUT2D eigenvalue weighted by molar-refractivity contribution is 0.194. The lowest BCUT2D eigenvalue weighted by Crippen LogP contribution is -2.29. The Morgan fingerprint density at radius 3 is 2.91 bits per heavy atom. The third kappa shape index (κ3) is 4.18. The van der Waals surface area contributed by atoms with Crippen LogP contribution in [-0.2, 0) is 13.0 Å². The van der Waals surface area contributed by atoms with Gasteiger partial charge < -0.3 is 9.52 Å². The molecule has 1 aromatic carbocycles. The summed E-state index contributed by atoms with van der Waals surface area (Å²) in [6, 6.07) is 8.81. The second kappa shape index (κ2) is 7.70. The Balaban J connectivity index is 1.60. The summed E-state index contributed by atoms with van der Waals surface area (Å²) >= 11 is 0. The maximum absolute atomic E-state index is 9.01. The average Bonchev–Trinajstić information content (AvgIpc) is 3.18. The molecule has 124 valence electrons. The quantitative estimate of drug-likeness (QED) is 0.851. The Morgan fingerprint density at radius 2 is 2.09 bits per heavy atom. The monoisotopic (exact) mass is 315 g/mol. The fourth-order valence-corrected chi connectivity index (χ4v) is 3.33. The summed E-state index contributed by atoms with van der Waals surface area (Å²) in [6.45, 7) is 4.16. The van der Waals surface area contributed by atoms with E-state index in [1.807, 2.05) is 12.1 Å². The van der Waals surface area contributed by atoms with E-state index in [-0.39, 0.29) is 6.61 Å². The fraction of sp³-hybridized carbons (Fsp3) is 0.556. The first-order chi connectivity index (χ1) is 11.3. The van der Waals surface area contributed by atoms with Gasteiger partial charge in [0.25, 0.3) is 0 Å². The van der Waals surface area contributed by atoms with Gasteiger partial charge in [0.2, 0.25) is 11.8 Å². The topological polar surface area (TPSA) is 62.4 Å². The molecule has 1 N–H and O–H groups in total. The van der Waals surface area contributed by atoms with Crippen LogP contribution in [0.25, 0.3) is 0 Å². The number of benzene rings is 1. The SMILES string of the molecule is Cc1ccccc1Cc1nnc(CN2CCCC2CCCO)o1. The zero-order valence-electron chi connectivity index (χ0n) is 13.7. The molecule has 0 spiro atoms. The van der Waals surface area contributed by atoms with E-state index in [1.54, 1.807) is 0 Å². The van der Waals surface area contributed by atoms with Crippen LogP contribution in [-0.4, -0.2) is 39.4 Å². The van der Waals surface area contributed by atoms with Gasteiger partial charge in [-0.2, -0.15) is 0 Å². The molecule has 1 fully saturated rings. The average molecular weight is 315 g/mol. The van der Waals surface area contributed by atoms with E-state index in [2.05, 4.69) is 34.2 Å². The summed E-state index contributed by atoms with van der Waals surface area (Å²) in [5.74, 6) is 1.38. The molecule has 2 heterocycles. The molecule has 0 bridgehead atoms. The van der Waals surface area contributed by atoms with E-state index in [9.17, 15) is 0 Å². The summed E-state index contributed by atoms with van der Waals surface area (Å²) in [6.07, 6.45) is 5.00. The van der Waals surface area contributed by atoms with Crippen molar-refractivity contribution in [3.63, 3.8) is 0 Å². The van der Waals surface area contributed by atoms with Crippen LogP contribution in [0.2, 0.25) is 0 Å². The summed E-state index contributed by atoms with van der Waals surface area (Å²) in [7, 11) is 0. The number of aliphatic hydroxyl groups is 1. The molecule has 3 rings (SSSR count). The van der Waals surface area contributed by atoms with Gasteiger partial charge in [-0.25, -0.2) is 0 Å². The van der Waals surface area contributed by atoms with Crippen LogP contribution in [0.5, 0.6) is 0 Å². The van der Waals surface area contributed by atoms with Crippen molar-refractivity contribution in [1.29, 1.82) is 0 Å². The van der Waals surface area contributed by atoms with Gasteiger partial charge in [-0.1, -0.05) is 24.3 Å². The van der Waals surface area contributed by atoms with Crippen molar-refractivity contribution in [2.24, 2.45) is 0 Å². The first-order valence-corrected chi connectivity index (χ1v) is 8.47. The predicted octanol–water partition coefficient (Wildman–Crippen LogP) is 2.71. The molecule has 1 saturated heterocycles. The molecule has 0 radical (unpaired) electrons. The molecule has 1 aliphatic rings. The first kappa shape index (κ1) is 16.1. The second-order valence-electron chi connectivity index (χ2n) is 6.33. The minimum atomic E-state index is 0.269. The van der Waals surface area contributed by atoms with Gasteiger partial charge in [-0.05, 0) is 50.3 Å². The highest BCUT2D eigenvalue weighted by Gasteiger charge is 2.25. The zero-order chi connectivity index (χ0) is 16.1. The Morgan fingerprint density at radius 1 is 1.26 bits per heavy atom. The Hall–Kier alpha value is -1.72. The van der Waals surface area contributed by atoms with Gasteiger partial charge >= 0.3 is 0 Å². The third-order valence-electron chi connectivity index (χ3n) is 4.64. The highest BCUT2D eigenvalue weighted by Crippen LogP contribution is 2.23. The number of hydrogen-bond donors (Lipinski definition) is 1. The van der Waals surface area contributed by atoms with E-state index in [0.29, 0.717) is 24.2 Å². The van der Waals surface area contributed by atoms with E-state index in [0.717, 1.165) is 25.9 Å². The predicted molar refractivity (Wildman–Crippen MR) is 88.0 cm³/mol. The molecule has 1 aromatic heterocycles. The number of nitrogens with zero attached hydrogens (tertiary/aromatic N) is 3. The Labute approximate surface area is 137 Å². The normalized spacial score (nSPS) is 18.6. The minimum absolute atomic E-state index is 0.269. The number of aliphatic hydroxyl groups excluding tert-OH is 1. The van der Waals surface area contributed by atoms with Crippen LogP contribution in [0.1, 0.15) is 48.6 Å². The molecule has 0 saturated carbocycles. The molecule has 1 unspecified atom stereocenters. The second-order valence-corrected chi connectivity index (χ2v) is 6.33. The van der Waals surface area contributed by atoms with Gasteiger partial charge in [-0.3, -0.25) is 4.90 Å². The molecule has 0 aliphatic carbocycles. The summed E-state index contributed by atoms with van der Waals surface area (Å²) < 4.78 is 5.84. The summed E-state index contributed by atoms with van der Waals surface area (Å²) in [5, 5.41) is 17.4. The van der Waals surface area contributed by atoms with E-state index in [1.165, 1.54) is 24.0 Å². The van der Waals surface area contributed by atoms with Crippen LogP contribution in [0.4, 0.5) is 0 Å². The lowest BCUT2D eigenvalue weighted by Gasteiger charge is -2.22. The first-order valence-electron chi connectivity index (χ1n) is 8.47. The van der Waals surface area contributed by atoms with E-state index in [4.69, 9.17) is 9.52 Å². The number of likely N-dealkylation sites (tertiary alicyclic amines) is 1. The third-order valence-corrected chi connectivity index (χ3v) is 4.64. The maximum Gasteiger partial charge on any atom is 0.230 e. The molecular formula is C18H25N3O2. The lowest BCUT2D eigenvalue weighted by atomic mass is 10.1. The van der Waals surface area contributed by atoms with Crippen molar-refractivity contribution in [1.82, 2.24) is 15.1 Å². The van der Waals surface area contributed by atoms with Crippen LogP contribution < -0.4 is 0 Å². The van der Waals surface area contributed by atoms with Gasteiger partial charge in [0.05, 0.1) is 13.0 Å². The van der Waals surface area contributed by atoms with Crippen LogP contribution in [0.3, 0.4) is 0 Å². The number of aromatic nitrogens is 2. The van der Waals surface area contributed by atoms with Gasteiger partial charge in [0.1, 0.15) is 0 Å². The number of aryl methyl sites for hydroxylation is 1. The Bertz CT molecular complexity index is 626. The van der Waals surface area contributed by atoms with Crippen LogP contribution in [0, 0.1) is 6.92 Å². The smallest absolute Gasteiger partial charge is 0.230 e. The van der Waals surface area contributed by atoms with Gasteiger partial charge in [-0.15, -0.1) is 10.2 Å². The molecule has 23 heavy (non-hydrogen) atoms. The highest BCUT2D eigenvalue weighted by atomic mass is 16.4. The van der Waals surface area contributed by atoms with Crippen molar-refractivity contribution in [3.8, 4) is 0 Å². The summed E-state index contributed by atoms with van der Waals surface area (Å²) in [4.78, 5) is 2.40. The number of hydrogen-bond acceptors (Lipinski definition) is 5.